The molecule has 2 heteroatoms. The van der Waals surface area contributed by atoms with E-state index in [0.717, 1.165) is 19.3 Å². The van der Waals surface area contributed by atoms with Crippen LogP contribution >= 0.6 is 0 Å². The van der Waals surface area contributed by atoms with Crippen LogP contribution < -0.4 is 0 Å². The summed E-state index contributed by atoms with van der Waals surface area (Å²) in [7, 11) is 1.41. The van der Waals surface area contributed by atoms with Crippen LogP contribution in [0.5, 0.6) is 0 Å². The zero-order valence-corrected chi connectivity index (χ0v) is 11.6. The zero-order chi connectivity index (χ0) is 13.9. The van der Waals surface area contributed by atoms with Crippen LogP contribution in [0.2, 0.25) is 0 Å². The molecule has 0 N–H and O–H groups in total. The summed E-state index contributed by atoms with van der Waals surface area (Å²) in [5.41, 5.74) is 4.88. The first-order valence-corrected chi connectivity index (χ1v) is 7.00. The lowest BCUT2D eigenvalue weighted by molar-refractivity contribution is 0.0600. The van der Waals surface area contributed by atoms with Gasteiger partial charge in [-0.15, -0.1) is 0 Å². The quantitative estimate of drug-likeness (QED) is 0.796. The minimum atomic E-state index is -0.273. The molecule has 0 atom stereocenters. The molecule has 1 aliphatic carbocycles. The molecule has 0 amide bonds. The van der Waals surface area contributed by atoms with Crippen molar-refractivity contribution in [2.24, 2.45) is 5.92 Å². The first-order chi connectivity index (χ1) is 9.76. The van der Waals surface area contributed by atoms with Crippen molar-refractivity contribution in [3.8, 4) is 0 Å². The molecular weight excluding hydrogens is 248 g/mol. The predicted octanol–water partition coefficient (Wildman–Crippen LogP) is 3.43. The van der Waals surface area contributed by atoms with Crippen molar-refractivity contribution in [2.75, 3.05) is 7.11 Å². The second-order valence-electron chi connectivity index (χ2n) is 5.44. The van der Waals surface area contributed by atoms with Gasteiger partial charge in [-0.05, 0) is 54.0 Å². The second-order valence-corrected chi connectivity index (χ2v) is 5.44. The average molecular weight is 266 g/mol. The van der Waals surface area contributed by atoms with E-state index in [9.17, 15) is 4.79 Å². The van der Waals surface area contributed by atoms with Crippen molar-refractivity contribution < 1.29 is 9.53 Å². The fourth-order valence-corrected chi connectivity index (χ4v) is 3.02. The van der Waals surface area contributed by atoms with Gasteiger partial charge in [0.25, 0.3) is 0 Å². The maximum absolute atomic E-state index is 11.4. The molecule has 0 aromatic heterocycles. The number of ether oxygens (including phenoxy) is 1. The van der Waals surface area contributed by atoms with Crippen molar-refractivity contribution in [2.45, 2.75) is 19.3 Å². The molecule has 3 rings (SSSR count). The molecule has 20 heavy (non-hydrogen) atoms. The van der Waals surface area contributed by atoms with E-state index < -0.39 is 0 Å². The van der Waals surface area contributed by atoms with Crippen LogP contribution in [0, 0.1) is 5.92 Å². The molecule has 2 aromatic rings. The third-order valence-corrected chi connectivity index (χ3v) is 4.03. The molecule has 2 aromatic carbocycles. The van der Waals surface area contributed by atoms with Crippen LogP contribution in [0.4, 0.5) is 0 Å². The first kappa shape index (κ1) is 12.9. The van der Waals surface area contributed by atoms with Crippen molar-refractivity contribution >= 4 is 5.97 Å². The molecule has 0 bridgehead atoms. The van der Waals surface area contributed by atoms with Crippen LogP contribution in [-0.4, -0.2) is 13.1 Å². The van der Waals surface area contributed by atoms with E-state index in [-0.39, 0.29) is 5.97 Å². The molecule has 0 spiro atoms. The van der Waals surface area contributed by atoms with Crippen molar-refractivity contribution in [3.63, 3.8) is 0 Å². The summed E-state index contributed by atoms with van der Waals surface area (Å²) in [5.74, 6) is 0.404. The van der Waals surface area contributed by atoms with E-state index in [2.05, 4.69) is 24.3 Å². The lowest BCUT2D eigenvalue weighted by Crippen LogP contribution is -2.05. The van der Waals surface area contributed by atoms with Gasteiger partial charge in [0.1, 0.15) is 0 Å². The monoisotopic (exact) mass is 266 g/mol. The van der Waals surface area contributed by atoms with E-state index in [1.807, 2.05) is 24.3 Å². The van der Waals surface area contributed by atoms with Gasteiger partial charge < -0.3 is 4.74 Å². The number of benzene rings is 2. The number of hydrogen-bond acceptors (Lipinski definition) is 2. The Labute approximate surface area is 119 Å². The average Bonchev–Trinajstić information content (AvgIpc) is 2.89. The van der Waals surface area contributed by atoms with Gasteiger partial charge in [0.15, 0.2) is 0 Å². The number of hydrogen-bond donors (Lipinski definition) is 0. The van der Waals surface area contributed by atoms with Gasteiger partial charge >= 0.3 is 5.97 Å². The number of carbonyl (C=O) groups excluding carboxylic acids is 1. The van der Waals surface area contributed by atoms with Gasteiger partial charge in [-0.25, -0.2) is 4.79 Å². The summed E-state index contributed by atoms with van der Waals surface area (Å²) in [6, 6.07) is 16.5. The number of carbonyl (C=O) groups is 1. The Morgan fingerprint density at radius 2 is 1.65 bits per heavy atom. The molecule has 1 aliphatic rings. The highest BCUT2D eigenvalue weighted by Gasteiger charge is 2.21. The van der Waals surface area contributed by atoms with E-state index >= 15 is 0 Å². The van der Waals surface area contributed by atoms with Gasteiger partial charge in [-0.3, -0.25) is 0 Å². The molecule has 0 aliphatic heterocycles. The Morgan fingerprint density at radius 3 is 2.20 bits per heavy atom. The third-order valence-electron chi connectivity index (χ3n) is 4.03. The van der Waals surface area contributed by atoms with Crippen LogP contribution in [0.25, 0.3) is 0 Å². The third kappa shape index (κ3) is 2.60. The first-order valence-electron chi connectivity index (χ1n) is 7.00. The highest BCUT2D eigenvalue weighted by atomic mass is 16.5. The van der Waals surface area contributed by atoms with E-state index in [4.69, 9.17) is 4.74 Å². The topological polar surface area (TPSA) is 26.3 Å². The van der Waals surface area contributed by atoms with E-state index in [1.165, 1.54) is 23.8 Å². The fraction of sp³-hybridized carbons (Fsp3) is 0.278. The highest BCUT2D eigenvalue weighted by Crippen LogP contribution is 2.28. The Morgan fingerprint density at radius 1 is 1.05 bits per heavy atom. The summed E-state index contributed by atoms with van der Waals surface area (Å²) in [5, 5.41) is 0. The van der Waals surface area contributed by atoms with Crippen LogP contribution in [0.15, 0.2) is 48.5 Å². The van der Waals surface area contributed by atoms with Crippen molar-refractivity contribution in [3.05, 3.63) is 70.8 Å². The molecule has 0 heterocycles. The molecule has 102 valence electrons. The number of methoxy groups -OCH3 is 1. The Bertz CT molecular complexity index is 589. The molecule has 0 saturated heterocycles. The molecule has 0 unspecified atom stereocenters. The summed E-state index contributed by atoms with van der Waals surface area (Å²) < 4.78 is 4.71. The van der Waals surface area contributed by atoms with Crippen molar-refractivity contribution in [1.82, 2.24) is 0 Å². The summed E-state index contributed by atoms with van der Waals surface area (Å²) in [4.78, 5) is 11.4. The van der Waals surface area contributed by atoms with Crippen LogP contribution in [0.1, 0.15) is 27.0 Å². The standard InChI is InChI=1S/C18H18O2/c1-20-18(19)15-8-6-13(7-9-15)10-14-11-16-4-2-3-5-17(16)12-14/h2-9,14H,10-12H2,1H3. The fourth-order valence-electron chi connectivity index (χ4n) is 3.02. The predicted molar refractivity (Wildman–Crippen MR) is 78.8 cm³/mol. The number of esters is 1. The highest BCUT2D eigenvalue weighted by molar-refractivity contribution is 5.89. The summed E-state index contributed by atoms with van der Waals surface area (Å²) in [6.45, 7) is 0. The molecule has 0 fully saturated rings. The van der Waals surface area contributed by atoms with Crippen LogP contribution in [-0.2, 0) is 24.0 Å². The normalized spacial score (nSPS) is 14.1. The SMILES string of the molecule is COC(=O)c1ccc(CC2Cc3ccccc3C2)cc1. The smallest absolute Gasteiger partial charge is 0.337 e. The molecule has 0 saturated carbocycles. The summed E-state index contributed by atoms with van der Waals surface area (Å²) >= 11 is 0. The van der Waals surface area contributed by atoms with Gasteiger partial charge in [0.05, 0.1) is 12.7 Å². The van der Waals surface area contributed by atoms with Gasteiger partial charge in [0.2, 0.25) is 0 Å². The zero-order valence-electron chi connectivity index (χ0n) is 11.6. The maximum atomic E-state index is 11.4. The molecular formula is C18H18O2. The lowest BCUT2D eigenvalue weighted by atomic mass is 9.96. The van der Waals surface area contributed by atoms with Gasteiger partial charge in [-0.1, -0.05) is 36.4 Å². The minimum Gasteiger partial charge on any atom is -0.465 e. The number of rotatable bonds is 3. The minimum absolute atomic E-state index is 0.273. The van der Waals surface area contributed by atoms with E-state index in [0.29, 0.717) is 11.5 Å². The summed E-state index contributed by atoms with van der Waals surface area (Å²) in [6.07, 6.45) is 3.39. The number of fused-ring (bicyclic) bond motifs is 1. The molecule has 0 radical (unpaired) electrons. The lowest BCUT2D eigenvalue weighted by Gasteiger charge is -2.09. The Balaban J connectivity index is 1.66. The van der Waals surface area contributed by atoms with Gasteiger partial charge in [-0.2, -0.15) is 0 Å². The Hall–Kier alpha value is -2.09. The second kappa shape index (κ2) is 5.49. The largest absolute Gasteiger partial charge is 0.465 e. The maximum Gasteiger partial charge on any atom is 0.337 e. The van der Waals surface area contributed by atoms with Crippen molar-refractivity contribution in [1.29, 1.82) is 0 Å². The van der Waals surface area contributed by atoms with Gasteiger partial charge in [0, 0.05) is 0 Å². The van der Waals surface area contributed by atoms with E-state index in [1.54, 1.807) is 0 Å². The van der Waals surface area contributed by atoms with Crippen LogP contribution in [0.3, 0.4) is 0 Å². The Kier molecular flexibility index (Phi) is 3.55. The molecule has 2 nitrogen and oxygen atoms in total.